The highest BCUT2D eigenvalue weighted by Crippen LogP contribution is 2.14. The Kier molecular flexibility index (Phi) is 7.72. The SMILES string of the molecule is Cl.NCC(=O)NCCOc1ccc(Cl)cc1. The zero-order valence-corrected chi connectivity index (χ0v) is 10.2. The molecule has 0 aromatic heterocycles. The summed E-state index contributed by atoms with van der Waals surface area (Å²) in [5, 5.41) is 3.26. The summed E-state index contributed by atoms with van der Waals surface area (Å²) in [7, 11) is 0. The summed E-state index contributed by atoms with van der Waals surface area (Å²) < 4.78 is 5.34. The average Bonchev–Trinajstić information content (AvgIpc) is 2.26. The Bertz CT molecular complexity index is 317. The number of carbonyl (C=O) groups is 1. The molecular formula is C10H14Cl2N2O2. The van der Waals surface area contributed by atoms with Crippen LogP contribution >= 0.6 is 24.0 Å². The summed E-state index contributed by atoms with van der Waals surface area (Å²) in [6.45, 7) is 0.854. The number of carbonyl (C=O) groups excluding carboxylic acids is 1. The summed E-state index contributed by atoms with van der Waals surface area (Å²) in [6.07, 6.45) is 0. The van der Waals surface area contributed by atoms with Crippen LogP contribution in [0.25, 0.3) is 0 Å². The van der Waals surface area contributed by atoms with E-state index in [9.17, 15) is 4.79 Å². The van der Waals surface area contributed by atoms with Crippen LogP contribution in [-0.4, -0.2) is 25.6 Å². The van der Waals surface area contributed by atoms with Gasteiger partial charge < -0.3 is 15.8 Å². The van der Waals surface area contributed by atoms with Crippen LogP contribution in [0.5, 0.6) is 5.75 Å². The Hall–Kier alpha value is -0.970. The van der Waals surface area contributed by atoms with E-state index in [0.717, 1.165) is 5.75 Å². The van der Waals surface area contributed by atoms with Crippen molar-refractivity contribution in [2.75, 3.05) is 19.7 Å². The lowest BCUT2D eigenvalue weighted by Gasteiger charge is -2.06. The first kappa shape index (κ1) is 15.0. The van der Waals surface area contributed by atoms with Gasteiger partial charge in [-0.1, -0.05) is 11.6 Å². The number of benzene rings is 1. The maximum absolute atomic E-state index is 10.8. The van der Waals surface area contributed by atoms with Gasteiger partial charge >= 0.3 is 0 Å². The molecule has 1 rings (SSSR count). The fourth-order valence-electron chi connectivity index (χ4n) is 0.962. The summed E-state index contributed by atoms with van der Waals surface area (Å²) in [5.74, 6) is 0.538. The average molecular weight is 265 g/mol. The fraction of sp³-hybridized carbons (Fsp3) is 0.300. The summed E-state index contributed by atoms with van der Waals surface area (Å²) in [6, 6.07) is 7.03. The Balaban J connectivity index is 0.00000225. The minimum absolute atomic E-state index is 0. The molecule has 0 heterocycles. The van der Waals surface area contributed by atoms with Crippen molar-refractivity contribution < 1.29 is 9.53 Å². The van der Waals surface area contributed by atoms with Gasteiger partial charge in [0, 0.05) is 5.02 Å². The lowest BCUT2D eigenvalue weighted by Crippen LogP contribution is -2.33. The van der Waals surface area contributed by atoms with E-state index in [0.29, 0.717) is 18.2 Å². The molecule has 1 aromatic rings. The van der Waals surface area contributed by atoms with Gasteiger partial charge in [-0.05, 0) is 24.3 Å². The quantitative estimate of drug-likeness (QED) is 0.787. The van der Waals surface area contributed by atoms with Crippen molar-refractivity contribution >= 4 is 29.9 Å². The van der Waals surface area contributed by atoms with E-state index in [2.05, 4.69) is 5.32 Å². The van der Waals surface area contributed by atoms with Crippen molar-refractivity contribution in [1.82, 2.24) is 5.32 Å². The van der Waals surface area contributed by atoms with Crippen LogP contribution in [0.1, 0.15) is 0 Å². The molecule has 0 saturated carbocycles. The lowest BCUT2D eigenvalue weighted by atomic mass is 10.3. The first-order valence-electron chi connectivity index (χ1n) is 4.57. The van der Waals surface area contributed by atoms with Crippen molar-refractivity contribution in [2.45, 2.75) is 0 Å². The first-order valence-corrected chi connectivity index (χ1v) is 4.95. The molecule has 3 N–H and O–H groups in total. The Morgan fingerprint density at radius 3 is 2.56 bits per heavy atom. The summed E-state index contributed by atoms with van der Waals surface area (Å²) >= 11 is 5.71. The van der Waals surface area contributed by atoms with Gasteiger partial charge in [0.1, 0.15) is 12.4 Å². The van der Waals surface area contributed by atoms with E-state index >= 15 is 0 Å². The number of ether oxygens (including phenoxy) is 1. The molecular weight excluding hydrogens is 251 g/mol. The molecule has 16 heavy (non-hydrogen) atoms. The number of nitrogens with one attached hydrogen (secondary N) is 1. The molecule has 0 bridgehead atoms. The topological polar surface area (TPSA) is 64.4 Å². The van der Waals surface area contributed by atoms with Gasteiger partial charge in [-0.15, -0.1) is 12.4 Å². The molecule has 0 saturated heterocycles. The van der Waals surface area contributed by atoms with Crippen LogP contribution in [-0.2, 0) is 4.79 Å². The van der Waals surface area contributed by atoms with Crippen LogP contribution in [0, 0.1) is 0 Å². The van der Waals surface area contributed by atoms with Gasteiger partial charge in [-0.25, -0.2) is 0 Å². The summed E-state index contributed by atoms with van der Waals surface area (Å²) in [4.78, 5) is 10.8. The normalized spacial score (nSPS) is 9.12. The van der Waals surface area contributed by atoms with Crippen molar-refractivity contribution in [3.8, 4) is 5.75 Å². The molecule has 0 spiro atoms. The van der Waals surface area contributed by atoms with Crippen molar-refractivity contribution in [2.24, 2.45) is 5.73 Å². The number of nitrogens with two attached hydrogens (primary N) is 1. The number of rotatable bonds is 5. The molecule has 4 nitrogen and oxygen atoms in total. The van der Waals surface area contributed by atoms with Gasteiger partial charge in [0.25, 0.3) is 0 Å². The highest BCUT2D eigenvalue weighted by molar-refractivity contribution is 6.30. The maximum Gasteiger partial charge on any atom is 0.233 e. The monoisotopic (exact) mass is 264 g/mol. The van der Waals surface area contributed by atoms with Crippen LogP contribution in [0.4, 0.5) is 0 Å². The molecule has 0 aliphatic heterocycles. The van der Waals surface area contributed by atoms with Gasteiger partial charge in [-0.2, -0.15) is 0 Å². The highest BCUT2D eigenvalue weighted by atomic mass is 35.5. The molecule has 0 fully saturated rings. The standard InChI is InChI=1S/C10H13ClN2O2.ClH/c11-8-1-3-9(4-2-8)15-6-5-13-10(14)7-12;/h1-4H,5-7,12H2,(H,13,14);1H. The second-order valence-corrected chi connectivity index (χ2v) is 3.29. The minimum atomic E-state index is -0.185. The van der Waals surface area contributed by atoms with Crippen molar-refractivity contribution in [3.63, 3.8) is 0 Å². The van der Waals surface area contributed by atoms with Crippen LogP contribution in [0.15, 0.2) is 24.3 Å². The fourth-order valence-corrected chi connectivity index (χ4v) is 1.09. The molecule has 1 amide bonds. The van der Waals surface area contributed by atoms with Gasteiger partial charge in [0.05, 0.1) is 13.1 Å². The maximum atomic E-state index is 10.8. The number of hydrogen-bond acceptors (Lipinski definition) is 3. The van der Waals surface area contributed by atoms with Gasteiger partial charge in [0.15, 0.2) is 0 Å². The summed E-state index contributed by atoms with van der Waals surface area (Å²) in [5.41, 5.74) is 5.11. The predicted octanol–water partition coefficient (Wildman–Crippen LogP) is 1.22. The molecule has 0 radical (unpaired) electrons. The van der Waals surface area contributed by atoms with E-state index in [1.54, 1.807) is 24.3 Å². The highest BCUT2D eigenvalue weighted by Gasteiger charge is 1.96. The second-order valence-electron chi connectivity index (χ2n) is 2.86. The smallest absolute Gasteiger partial charge is 0.233 e. The first-order chi connectivity index (χ1) is 7.22. The van der Waals surface area contributed by atoms with Crippen LogP contribution in [0.3, 0.4) is 0 Å². The molecule has 0 atom stereocenters. The molecule has 6 heteroatoms. The largest absolute Gasteiger partial charge is 0.492 e. The van der Waals surface area contributed by atoms with E-state index in [-0.39, 0.29) is 24.9 Å². The third-order valence-corrected chi connectivity index (χ3v) is 1.94. The van der Waals surface area contributed by atoms with E-state index < -0.39 is 0 Å². The number of halogens is 2. The van der Waals surface area contributed by atoms with Crippen LogP contribution in [0.2, 0.25) is 5.02 Å². The second kappa shape index (κ2) is 8.21. The molecule has 0 aliphatic carbocycles. The zero-order valence-electron chi connectivity index (χ0n) is 8.61. The van der Waals surface area contributed by atoms with E-state index in [4.69, 9.17) is 22.1 Å². The minimum Gasteiger partial charge on any atom is -0.492 e. The van der Waals surface area contributed by atoms with Crippen molar-refractivity contribution in [3.05, 3.63) is 29.3 Å². The predicted molar refractivity (Wildman–Crippen MR) is 66.3 cm³/mol. The van der Waals surface area contributed by atoms with E-state index in [1.165, 1.54) is 0 Å². The third-order valence-electron chi connectivity index (χ3n) is 1.69. The molecule has 90 valence electrons. The third kappa shape index (κ3) is 5.80. The molecule has 0 aliphatic rings. The van der Waals surface area contributed by atoms with Crippen molar-refractivity contribution in [1.29, 1.82) is 0 Å². The molecule has 0 unspecified atom stereocenters. The number of hydrogen-bond donors (Lipinski definition) is 2. The molecule has 1 aromatic carbocycles. The Morgan fingerprint density at radius 2 is 2.00 bits per heavy atom. The zero-order chi connectivity index (χ0) is 11.1. The van der Waals surface area contributed by atoms with Gasteiger partial charge in [-0.3, -0.25) is 4.79 Å². The van der Waals surface area contributed by atoms with Gasteiger partial charge in [0.2, 0.25) is 5.91 Å². The van der Waals surface area contributed by atoms with E-state index in [1.807, 2.05) is 0 Å². The lowest BCUT2D eigenvalue weighted by molar-refractivity contribution is -0.119. The Morgan fingerprint density at radius 1 is 1.38 bits per heavy atom. The van der Waals surface area contributed by atoms with Crippen LogP contribution < -0.4 is 15.8 Å². The Labute approximate surface area is 106 Å². The number of amides is 1.